The summed E-state index contributed by atoms with van der Waals surface area (Å²) in [5.41, 5.74) is 0.440. The van der Waals surface area contributed by atoms with E-state index < -0.39 is 12.1 Å². The van der Waals surface area contributed by atoms with Crippen LogP contribution in [0.4, 0.5) is 4.39 Å². The van der Waals surface area contributed by atoms with Crippen molar-refractivity contribution in [3.8, 4) is 5.75 Å². The summed E-state index contributed by atoms with van der Waals surface area (Å²) in [6, 6.07) is 6.54. The monoisotopic (exact) mass is 262 g/mol. The highest BCUT2D eigenvalue weighted by atomic mass is 19.1. The highest BCUT2D eigenvalue weighted by Gasteiger charge is 2.43. The van der Waals surface area contributed by atoms with E-state index in [4.69, 9.17) is 4.74 Å². The van der Waals surface area contributed by atoms with Crippen LogP contribution in [0.5, 0.6) is 5.75 Å². The predicted molar refractivity (Wildman–Crippen MR) is 69.1 cm³/mol. The van der Waals surface area contributed by atoms with E-state index in [1.54, 1.807) is 30.3 Å². The molecule has 0 N–H and O–H groups in total. The third-order valence-electron chi connectivity index (χ3n) is 3.01. The van der Waals surface area contributed by atoms with E-state index in [1.807, 2.05) is 0 Å². The standard InChI is InChI=1S/C15H15FO3/c1-2-7-19-11-5-3-10(4-6-11)14(17)9-15(18)12-8-13(12)16/h2-6,12-13H,1,7-9H2/t12-,13-/m0/s1. The van der Waals surface area contributed by atoms with Crippen molar-refractivity contribution in [2.75, 3.05) is 6.61 Å². The van der Waals surface area contributed by atoms with Crippen LogP contribution in [0.2, 0.25) is 0 Å². The lowest BCUT2D eigenvalue weighted by atomic mass is 10.0. The van der Waals surface area contributed by atoms with Gasteiger partial charge in [0, 0.05) is 5.56 Å². The molecule has 0 saturated heterocycles. The van der Waals surface area contributed by atoms with Gasteiger partial charge in [-0.25, -0.2) is 4.39 Å². The summed E-state index contributed by atoms with van der Waals surface area (Å²) in [4.78, 5) is 23.3. The molecule has 1 aliphatic carbocycles. The van der Waals surface area contributed by atoms with Crippen molar-refractivity contribution in [3.63, 3.8) is 0 Å². The highest BCUT2D eigenvalue weighted by Crippen LogP contribution is 2.35. The molecular weight excluding hydrogens is 247 g/mol. The Kier molecular flexibility index (Phi) is 4.10. The van der Waals surface area contributed by atoms with Gasteiger partial charge >= 0.3 is 0 Å². The van der Waals surface area contributed by atoms with E-state index in [1.165, 1.54) is 0 Å². The van der Waals surface area contributed by atoms with Crippen LogP contribution in [-0.2, 0) is 4.79 Å². The molecule has 0 amide bonds. The maximum atomic E-state index is 12.7. The maximum absolute atomic E-state index is 12.7. The van der Waals surface area contributed by atoms with Crippen LogP contribution in [-0.4, -0.2) is 24.3 Å². The smallest absolute Gasteiger partial charge is 0.170 e. The van der Waals surface area contributed by atoms with Crippen molar-refractivity contribution in [1.82, 2.24) is 0 Å². The molecule has 0 heterocycles. The summed E-state index contributed by atoms with van der Waals surface area (Å²) in [5.74, 6) is -0.503. The molecule has 2 rings (SSSR count). The zero-order valence-electron chi connectivity index (χ0n) is 10.5. The lowest BCUT2D eigenvalue weighted by Crippen LogP contribution is -2.11. The van der Waals surface area contributed by atoms with Gasteiger partial charge < -0.3 is 4.74 Å². The Bertz CT molecular complexity index is 493. The van der Waals surface area contributed by atoms with Gasteiger partial charge in [0.25, 0.3) is 0 Å². The van der Waals surface area contributed by atoms with E-state index in [0.717, 1.165) is 0 Å². The number of Topliss-reactive ketones (excluding diaryl/α,β-unsaturated/α-hetero) is 2. The van der Waals surface area contributed by atoms with Crippen molar-refractivity contribution in [2.45, 2.75) is 19.0 Å². The lowest BCUT2D eigenvalue weighted by Gasteiger charge is -2.04. The average Bonchev–Trinajstić information content (AvgIpc) is 3.14. The summed E-state index contributed by atoms with van der Waals surface area (Å²) in [7, 11) is 0. The fourth-order valence-corrected chi connectivity index (χ4v) is 1.78. The van der Waals surface area contributed by atoms with Gasteiger partial charge in [0.05, 0.1) is 12.3 Å². The fourth-order valence-electron chi connectivity index (χ4n) is 1.78. The number of ether oxygens (including phenoxy) is 1. The average molecular weight is 262 g/mol. The second kappa shape index (κ2) is 5.78. The Balaban J connectivity index is 1.91. The zero-order chi connectivity index (χ0) is 13.8. The molecule has 1 fully saturated rings. The zero-order valence-corrected chi connectivity index (χ0v) is 10.5. The van der Waals surface area contributed by atoms with Crippen LogP contribution in [0.3, 0.4) is 0 Å². The summed E-state index contributed by atoms with van der Waals surface area (Å²) in [5, 5.41) is 0. The molecule has 2 atom stereocenters. The Hall–Kier alpha value is -1.97. The topological polar surface area (TPSA) is 43.4 Å². The Morgan fingerprint density at radius 1 is 1.37 bits per heavy atom. The number of rotatable bonds is 7. The van der Waals surface area contributed by atoms with Gasteiger partial charge in [-0.05, 0) is 30.7 Å². The normalized spacial score (nSPS) is 20.7. The van der Waals surface area contributed by atoms with Gasteiger partial charge in [0.15, 0.2) is 5.78 Å². The van der Waals surface area contributed by atoms with Gasteiger partial charge in [-0.1, -0.05) is 12.7 Å². The van der Waals surface area contributed by atoms with Crippen LogP contribution < -0.4 is 4.74 Å². The number of carbonyl (C=O) groups excluding carboxylic acids is 2. The van der Waals surface area contributed by atoms with E-state index in [9.17, 15) is 14.0 Å². The van der Waals surface area contributed by atoms with Crippen LogP contribution in [0, 0.1) is 5.92 Å². The van der Waals surface area contributed by atoms with Gasteiger partial charge in [-0.15, -0.1) is 0 Å². The van der Waals surface area contributed by atoms with E-state index in [0.29, 0.717) is 17.9 Å². The number of alkyl halides is 1. The number of benzene rings is 1. The van der Waals surface area contributed by atoms with E-state index >= 15 is 0 Å². The molecule has 19 heavy (non-hydrogen) atoms. The summed E-state index contributed by atoms with van der Waals surface area (Å²) < 4.78 is 18.0. The number of carbonyl (C=O) groups is 2. The quantitative estimate of drug-likeness (QED) is 0.431. The Morgan fingerprint density at radius 2 is 2.00 bits per heavy atom. The third-order valence-corrected chi connectivity index (χ3v) is 3.01. The molecule has 100 valence electrons. The van der Waals surface area contributed by atoms with Crippen LogP contribution >= 0.6 is 0 Å². The molecule has 3 nitrogen and oxygen atoms in total. The SMILES string of the molecule is C=CCOc1ccc(C(=O)CC(=O)[C@H]2C[C@@H]2F)cc1. The second-order valence-electron chi connectivity index (χ2n) is 4.55. The largest absolute Gasteiger partial charge is 0.490 e. The molecule has 1 aromatic carbocycles. The number of ketones is 2. The molecule has 0 aliphatic heterocycles. The molecule has 1 aromatic rings. The first-order valence-electron chi connectivity index (χ1n) is 6.15. The van der Waals surface area contributed by atoms with Crippen LogP contribution in [0.25, 0.3) is 0 Å². The molecule has 0 bridgehead atoms. The minimum atomic E-state index is -1.05. The number of hydrogen-bond acceptors (Lipinski definition) is 3. The first-order valence-corrected chi connectivity index (χ1v) is 6.15. The van der Waals surface area contributed by atoms with Gasteiger partial charge in [0.2, 0.25) is 0 Å². The van der Waals surface area contributed by atoms with Gasteiger partial charge in [0.1, 0.15) is 24.3 Å². The molecule has 0 aromatic heterocycles. The molecule has 0 unspecified atom stereocenters. The van der Waals surface area contributed by atoms with Crippen molar-refractivity contribution >= 4 is 11.6 Å². The first-order chi connectivity index (χ1) is 9.11. The first kappa shape index (κ1) is 13.5. The summed E-state index contributed by atoms with van der Waals surface area (Å²) in [6.45, 7) is 3.93. The predicted octanol–water partition coefficient (Wildman–Crippen LogP) is 2.75. The van der Waals surface area contributed by atoms with Crippen molar-refractivity contribution < 1.29 is 18.7 Å². The van der Waals surface area contributed by atoms with Gasteiger partial charge in [-0.3, -0.25) is 9.59 Å². The Labute approximate surface area is 111 Å². The van der Waals surface area contributed by atoms with Crippen LogP contribution in [0.1, 0.15) is 23.2 Å². The molecule has 4 heteroatoms. The minimum absolute atomic E-state index is 0.224. The van der Waals surface area contributed by atoms with E-state index in [2.05, 4.69) is 6.58 Å². The number of hydrogen-bond donors (Lipinski definition) is 0. The molecule has 1 aliphatic rings. The number of halogens is 1. The van der Waals surface area contributed by atoms with Crippen molar-refractivity contribution in [1.29, 1.82) is 0 Å². The highest BCUT2D eigenvalue weighted by molar-refractivity contribution is 6.09. The molecule has 0 radical (unpaired) electrons. The second-order valence-corrected chi connectivity index (χ2v) is 4.55. The maximum Gasteiger partial charge on any atom is 0.170 e. The van der Waals surface area contributed by atoms with Crippen molar-refractivity contribution in [3.05, 3.63) is 42.5 Å². The fraction of sp³-hybridized carbons (Fsp3) is 0.333. The summed E-state index contributed by atoms with van der Waals surface area (Å²) in [6.07, 6.45) is 0.619. The Morgan fingerprint density at radius 3 is 2.53 bits per heavy atom. The minimum Gasteiger partial charge on any atom is -0.490 e. The van der Waals surface area contributed by atoms with Gasteiger partial charge in [-0.2, -0.15) is 0 Å². The van der Waals surface area contributed by atoms with Crippen LogP contribution in [0.15, 0.2) is 36.9 Å². The molecular formula is C15H15FO3. The molecule has 0 spiro atoms. The van der Waals surface area contributed by atoms with Crippen molar-refractivity contribution in [2.24, 2.45) is 5.92 Å². The molecule has 1 saturated carbocycles. The lowest BCUT2D eigenvalue weighted by molar-refractivity contribution is -0.119. The van der Waals surface area contributed by atoms with E-state index in [-0.39, 0.29) is 24.4 Å². The summed E-state index contributed by atoms with van der Waals surface area (Å²) >= 11 is 0. The third kappa shape index (κ3) is 3.50.